The Kier molecular flexibility index (Phi) is 6.27. The van der Waals surface area contributed by atoms with E-state index in [1.165, 1.54) is 12.4 Å². The lowest BCUT2D eigenvalue weighted by Gasteiger charge is -2.46. The molecule has 0 amide bonds. The number of nitrogens with one attached hydrogen (secondary N) is 1. The number of carboxylic acids is 1. The Morgan fingerprint density at radius 1 is 1.30 bits per heavy atom. The topological polar surface area (TPSA) is 105 Å². The number of fused-ring (bicyclic) bond motifs is 3. The molecule has 2 fully saturated rings. The van der Waals surface area contributed by atoms with E-state index in [0.717, 1.165) is 12.8 Å². The molecular formula is C18H19F4N3O5. The van der Waals surface area contributed by atoms with Crippen molar-refractivity contribution in [2.75, 3.05) is 20.3 Å². The number of H-pyrrole nitrogens is 1. The number of aromatic amines is 1. The predicted octanol–water partition coefficient (Wildman–Crippen LogP) is 2.35. The summed E-state index contributed by atoms with van der Waals surface area (Å²) < 4.78 is 56.6. The van der Waals surface area contributed by atoms with Gasteiger partial charge in [0, 0.05) is 42.7 Å². The summed E-state index contributed by atoms with van der Waals surface area (Å²) >= 11 is 0. The second kappa shape index (κ2) is 8.56. The van der Waals surface area contributed by atoms with Crippen LogP contribution < -0.4 is 0 Å². The molecular weight excluding hydrogens is 414 g/mol. The van der Waals surface area contributed by atoms with E-state index in [9.17, 15) is 22.4 Å². The maximum Gasteiger partial charge on any atom is 0.490 e. The van der Waals surface area contributed by atoms with E-state index in [1.807, 2.05) is 0 Å². The van der Waals surface area contributed by atoms with Gasteiger partial charge in [-0.1, -0.05) is 0 Å². The zero-order valence-electron chi connectivity index (χ0n) is 15.8. The molecule has 164 valence electrons. The molecule has 0 aromatic carbocycles. The number of likely N-dealkylation sites (N-methyl/N-ethyl adjacent to an activating group) is 1. The molecule has 2 atom stereocenters. The summed E-state index contributed by atoms with van der Waals surface area (Å²) in [7, 11) is 2.09. The van der Waals surface area contributed by atoms with Crippen molar-refractivity contribution in [3.63, 3.8) is 0 Å². The highest BCUT2D eigenvalue weighted by Crippen LogP contribution is 2.29. The summed E-state index contributed by atoms with van der Waals surface area (Å²) in [6, 6.07) is 2.18. The Hall–Kier alpha value is -2.73. The van der Waals surface area contributed by atoms with Crippen molar-refractivity contribution in [2.45, 2.75) is 37.2 Å². The van der Waals surface area contributed by atoms with Crippen LogP contribution in [0.15, 0.2) is 18.5 Å². The molecule has 2 aliphatic heterocycles. The average molecular weight is 433 g/mol. The molecule has 0 aliphatic carbocycles. The predicted molar refractivity (Wildman–Crippen MR) is 94.3 cm³/mol. The molecule has 2 aromatic heterocycles. The molecule has 30 heavy (non-hydrogen) atoms. The van der Waals surface area contributed by atoms with Crippen molar-refractivity contribution >= 4 is 22.8 Å². The molecule has 8 nitrogen and oxygen atoms in total. The largest absolute Gasteiger partial charge is 0.490 e. The Morgan fingerprint density at radius 2 is 1.90 bits per heavy atom. The van der Waals surface area contributed by atoms with Crippen LogP contribution in [0.3, 0.4) is 0 Å². The number of piperidine rings is 1. The van der Waals surface area contributed by atoms with Gasteiger partial charge in [-0.15, -0.1) is 0 Å². The number of hydrogen-bond acceptors (Lipinski definition) is 6. The van der Waals surface area contributed by atoms with E-state index < -0.39 is 24.1 Å². The van der Waals surface area contributed by atoms with Crippen molar-refractivity contribution in [2.24, 2.45) is 0 Å². The van der Waals surface area contributed by atoms with Crippen molar-refractivity contribution in [3.05, 3.63) is 30.0 Å². The Bertz CT molecular complexity index is 918. The van der Waals surface area contributed by atoms with E-state index in [0.29, 0.717) is 24.2 Å². The standard InChI is InChI=1S/C16H18FN3O3.C2HF3O2/c1-20-9-4-11(5-10(20)8-22-7-9)23-16(21)13-6-19-14-12(13)2-3-18-15(14)17;3-2(4,5)1(6)7/h2-3,6,9-11,19H,4-5,7-8H2,1H3;(H,6,7). The van der Waals surface area contributed by atoms with Crippen molar-refractivity contribution in [1.82, 2.24) is 14.9 Å². The average Bonchev–Trinajstić information content (AvgIpc) is 3.08. The number of carboxylic acid groups (broad SMARTS) is 1. The van der Waals surface area contributed by atoms with Crippen LogP contribution in [-0.2, 0) is 14.3 Å². The van der Waals surface area contributed by atoms with E-state index in [-0.39, 0.29) is 23.7 Å². The van der Waals surface area contributed by atoms with Gasteiger partial charge < -0.3 is 19.6 Å². The van der Waals surface area contributed by atoms with Crippen LogP contribution in [0.4, 0.5) is 17.6 Å². The number of esters is 1. The van der Waals surface area contributed by atoms with Crippen LogP contribution in [0.5, 0.6) is 0 Å². The van der Waals surface area contributed by atoms with Gasteiger partial charge in [0.1, 0.15) is 11.6 Å². The van der Waals surface area contributed by atoms with E-state index >= 15 is 0 Å². The van der Waals surface area contributed by atoms with Gasteiger partial charge in [-0.25, -0.2) is 14.6 Å². The van der Waals surface area contributed by atoms with Gasteiger partial charge in [-0.2, -0.15) is 17.6 Å². The molecule has 4 heterocycles. The van der Waals surface area contributed by atoms with Crippen LogP contribution in [0.25, 0.3) is 10.9 Å². The lowest BCUT2D eigenvalue weighted by Crippen LogP contribution is -2.56. The molecule has 0 spiro atoms. The quantitative estimate of drug-likeness (QED) is 0.426. The van der Waals surface area contributed by atoms with Gasteiger partial charge in [-0.05, 0) is 13.1 Å². The Morgan fingerprint density at radius 3 is 2.47 bits per heavy atom. The van der Waals surface area contributed by atoms with Gasteiger partial charge in [0.2, 0.25) is 5.95 Å². The van der Waals surface area contributed by atoms with Crippen molar-refractivity contribution < 1.29 is 41.7 Å². The first-order valence-electron chi connectivity index (χ1n) is 9.00. The monoisotopic (exact) mass is 433 g/mol. The zero-order chi connectivity index (χ0) is 22.1. The van der Waals surface area contributed by atoms with Crippen molar-refractivity contribution in [1.29, 1.82) is 0 Å². The maximum absolute atomic E-state index is 13.6. The third-order valence-corrected chi connectivity index (χ3v) is 5.13. The van der Waals surface area contributed by atoms with Crippen LogP contribution in [0.2, 0.25) is 0 Å². The van der Waals surface area contributed by atoms with E-state index in [4.69, 9.17) is 19.4 Å². The Labute approximate surface area is 167 Å². The molecule has 12 heteroatoms. The minimum Gasteiger partial charge on any atom is -0.475 e. The summed E-state index contributed by atoms with van der Waals surface area (Å²) in [5.74, 6) is -3.80. The van der Waals surface area contributed by atoms with Gasteiger partial charge >= 0.3 is 18.1 Å². The smallest absolute Gasteiger partial charge is 0.475 e. The first-order chi connectivity index (χ1) is 14.1. The normalized spacial score (nSPS) is 24.1. The molecule has 2 N–H and O–H groups in total. The number of aromatic nitrogens is 2. The van der Waals surface area contributed by atoms with Gasteiger partial charge in [0.05, 0.1) is 18.8 Å². The number of rotatable bonds is 2. The second-order valence-corrected chi connectivity index (χ2v) is 7.04. The highest BCUT2D eigenvalue weighted by molar-refractivity contribution is 6.03. The number of nitrogens with zero attached hydrogens (tertiary/aromatic N) is 2. The first kappa shape index (κ1) is 22.0. The fourth-order valence-electron chi connectivity index (χ4n) is 3.55. The van der Waals surface area contributed by atoms with Crippen molar-refractivity contribution in [3.8, 4) is 0 Å². The highest BCUT2D eigenvalue weighted by Gasteiger charge is 2.39. The molecule has 2 saturated heterocycles. The molecule has 0 radical (unpaired) electrons. The van der Waals surface area contributed by atoms with Crippen LogP contribution in [0, 0.1) is 5.95 Å². The number of carbonyl (C=O) groups is 2. The number of pyridine rings is 1. The van der Waals surface area contributed by atoms with Crippen LogP contribution >= 0.6 is 0 Å². The number of aliphatic carboxylic acids is 1. The summed E-state index contributed by atoms with van der Waals surface area (Å²) in [4.78, 5) is 30.0. The minimum absolute atomic E-state index is 0.130. The van der Waals surface area contributed by atoms with Gasteiger partial charge in [0.15, 0.2) is 0 Å². The molecule has 0 saturated carbocycles. The summed E-state index contributed by atoms with van der Waals surface area (Å²) in [6.07, 6.45) is -0.862. The molecule has 2 bridgehead atoms. The molecule has 4 rings (SSSR count). The van der Waals surface area contributed by atoms with E-state index in [2.05, 4.69) is 21.9 Å². The number of hydrogen-bond donors (Lipinski definition) is 2. The van der Waals surface area contributed by atoms with Crippen LogP contribution in [0.1, 0.15) is 23.2 Å². The minimum atomic E-state index is -5.08. The lowest BCUT2D eigenvalue weighted by molar-refractivity contribution is -0.192. The fourth-order valence-corrected chi connectivity index (χ4v) is 3.55. The number of halogens is 4. The van der Waals surface area contributed by atoms with E-state index in [1.54, 1.807) is 6.07 Å². The number of carbonyl (C=O) groups excluding carboxylic acids is 1. The van der Waals surface area contributed by atoms with Gasteiger partial charge in [0.25, 0.3) is 0 Å². The SMILES string of the molecule is CN1C2COCC1CC(OC(=O)c1c[nH]c3c(F)nccc13)C2.O=C(O)C(F)(F)F. The summed E-state index contributed by atoms with van der Waals surface area (Å²) in [6.45, 7) is 1.34. The fraction of sp³-hybridized carbons (Fsp3) is 0.500. The zero-order valence-corrected chi connectivity index (χ0v) is 15.8. The van der Waals surface area contributed by atoms with Gasteiger partial charge in [-0.3, -0.25) is 4.90 Å². The molecule has 2 aromatic rings. The molecule has 2 aliphatic rings. The second-order valence-electron chi connectivity index (χ2n) is 7.04. The third kappa shape index (κ3) is 4.70. The highest BCUT2D eigenvalue weighted by atomic mass is 19.4. The number of ether oxygens (including phenoxy) is 2. The maximum atomic E-state index is 13.6. The molecule has 2 unspecified atom stereocenters. The van der Waals surface area contributed by atoms with Crippen LogP contribution in [-0.4, -0.2) is 76.5 Å². The third-order valence-electron chi connectivity index (χ3n) is 5.13. The Balaban J connectivity index is 0.000000318. The number of alkyl halides is 3. The summed E-state index contributed by atoms with van der Waals surface area (Å²) in [5, 5.41) is 7.62. The lowest BCUT2D eigenvalue weighted by atomic mass is 9.92. The number of morpholine rings is 1. The summed E-state index contributed by atoms with van der Waals surface area (Å²) in [5.41, 5.74) is 0.578. The first-order valence-corrected chi connectivity index (χ1v) is 9.00.